The van der Waals surface area contributed by atoms with E-state index in [1.807, 2.05) is 0 Å². The standard InChI is InChI=1S/C26H51N2O2/c1-22(2)24(29)30-19-17-15-13-11-9-10-12-14-16-18-28(7,8)23-20-25(3,4)27-26(5,6)21-23/h23,27H,1,9-21H2,2-8H3/q+1. The van der Waals surface area contributed by atoms with Gasteiger partial charge in [0.1, 0.15) is 0 Å². The molecule has 0 atom stereocenters. The molecule has 0 aliphatic carbocycles. The van der Waals surface area contributed by atoms with Crippen molar-refractivity contribution in [2.75, 3.05) is 27.2 Å². The molecule has 1 aliphatic rings. The maximum atomic E-state index is 11.3. The van der Waals surface area contributed by atoms with Gasteiger partial charge in [0.15, 0.2) is 0 Å². The summed E-state index contributed by atoms with van der Waals surface area (Å²) in [5.41, 5.74) is 0.947. The summed E-state index contributed by atoms with van der Waals surface area (Å²) in [7, 11) is 4.88. The molecule has 1 fully saturated rings. The zero-order valence-corrected chi connectivity index (χ0v) is 21.2. The number of carbonyl (C=O) groups is 1. The lowest BCUT2D eigenvalue weighted by Crippen LogP contribution is -2.65. The van der Waals surface area contributed by atoms with E-state index in [4.69, 9.17) is 4.74 Å². The second-order valence-electron chi connectivity index (χ2n) is 11.6. The Kier molecular flexibility index (Phi) is 11.1. The SMILES string of the molecule is C=C(C)C(=O)OCCCCCCCCCCC[N+](C)(C)C1CC(C)(C)NC(C)(C)C1. The van der Waals surface area contributed by atoms with Gasteiger partial charge in [-0.05, 0) is 53.9 Å². The molecule has 0 unspecified atom stereocenters. The third-order valence-electron chi connectivity index (χ3n) is 6.62. The van der Waals surface area contributed by atoms with Crippen LogP contribution in [0.3, 0.4) is 0 Å². The lowest BCUT2D eigenvalue weighted by atomic mass is 9.78. The predicted octanol–water partition coefficient (Wildman–Crippen LogP) is 6.00. The highest BCUT2D eigenvalue weighted by atomic mass is 16.5. The molecule has 30 heavy (non-hydrogen) atoms. The maximum Gasteiger partial charge on any atom is 0.333 e. The van der Waals surface area contributed by atoms with Crippen LogP contribution >= 0.6 is 0 Å². The Labute approximate surface area is 187 Å². The summed E-state index contributed by atoms with van der Waals surface area (Å²) in [6.07, 6.45) is 13.9. The number of hydrogen-bond acceptors (Lipinski definition) is 3. The fourth-order valence-corrected chi connectivity index (χ4v) is 5.09. The van der Waals surface area contributed by atoms with E-state index in [9.17, 15) is 4.79 Å². The van der Waals surface area contributed by atoms with E-state index < -0.39 is 0 Å². The Bertz CT molecular complexity index is 521. The molecular weight excluding hydrogens is 372 g/mol. The molecule has 4 heteroatoms. The van der Waals surface area contributed by atoms with E-state index in [2.05, 4.69) is 53.7 Å². The first-order chi connectivity index (χ1) is 13.8. The molecule has 0 saturated carbocycles. The molecule has 0 amide bonds. The van der Waals surface area contributed by atoms with Gasteiger partial charge in [-0.15, -0.1) is 0 Å². The quantitative estimate of drug-likeness (QED) is 0.161. The van der Waals surface area contributed by atoms with Crippen molar-refractivity contribution in [2.24, 2.45) is 0 Å². The Morgan fingerprint density at radius 1 is 0.900 bits per heavy atom. The fourth-order valence-electron chi connectivity index (χ4n) is 5.09. The summed E-state index contributed by atoms with van der Waals surface area (Å²) in [5, 5.41) is 3.82. The van der Waals surface area contributed by atoms with Crippen LogP contribution in [0.5, 0.6) is 0 Å². The van der Waals surface area contributed by atoms with Gasteiger partial charge < -0.3 is 14.5 Å². The van der Waals surface area contributed by atoms with Crippen molar-refractivity contribution in [3.05, 3.63) is 12.2 Å². The minimum atomic E-state index is -0.260. The van der Waals surface area contributed by atoms with Gasteiger partial charge >= 0.3 is 5.97 Å². The van der Waals surface area contributed by atoms with Gasteiger partial charge in [-0.2, -0.15) is 0 Å². The van der Waals surface area contributed by atoms with Crippen LogP contribution in [0.15, 0.2) is 12.2 Å². The summed E-state index contributed by atoms with van der Waals surface area (Å²) >= 11 is 0. The highest BCUT2D eigenvalue weighted by Crippen LogP contribution is 2.33. The summed E-state index contributed by atoms with van der Waals surface area (Å²) in [4.78, 5) is 11.3. The van der Waals surface area contributed by atoms with Gasteiger partial charge in [0.2, 0.25) is 0 Å². The lowest BCUT2D eigenvalue weighted by molar-refractivity contribution is -0.917. The van der Waals surface area contributed by atoms with Crippen LogP contribution in [0, 0.1) is 0 Å². The summed E-state index contributed by atoms with van der Waals surface area (Å²) in [6, 6.07) is 0.742. The first-order valence-corrected chi connectivity index (χ1v) is 12.3. The number of piperidine rings is 1. The van der Waals surface area contributed by atoms with Crippen LogP contribution in [0.2, 0.25) is 0 Å². The van der Waals surface area contributed by atoms with Crippen LogP contribution in [-0.4, -0.2) is 54.8 Å². The second-order valence-corrected chi connectivity index (χ2v) is 11.6. The van der Waals surface area contributed by atoms with E-state index in [1.165, 1.54) is 64.3 Å². The zero-order chi connectivity index (χ0) is 22.8. The monoisotopic (exact) mass is 423 g/mol. The van der Waals surface area contributed by atoms with Gasteiger partial charge in [0.25, 0.3) is 0 Å². The van der Waals surface area contributed by atoms with Crippen molar-refractivity contribution >= 4 is 5.97 Å². The predicted molar refractivity (Wildman–Crippen MR) is 129 cm³/mol. The first-order valence-electron chi connectivity index (χ1n) is 12.3. The molecule has 0 aromatic heterocycles. The summed E-state index contributed by atoms with van der Waals surface area (Å²) < 4.78 is 6.28. The first kappa shape index (κ1) is 27.2. The van der Waals surface area contributed by atoms with E-state index in [0.717, 1.165) is 23.4 Å². The highest BCUT2D eigenvalue weighted by molar-refractivity contribution is 5.86. The molecule has 0 bridgehead atoms. The normalized spacial score (nSPS) is 18.9. The number of rotatable bonds is 14. The molecule has 1 saturated heterocycles. The molecular formula is C26H51N2O2+. The number of quaternary nitrogens is 1. The molecule has 0 aromatic rings. The van der Waals surface area contributed by atoms with Crippen molar-refractivity contribution < 1.29 is 14.0 Å². The van der Waals surface area contributed by atoms with Crippen LogP contribution in [0.1, 0.15) is 105 Å². The molecule has 0 spiro atoms. The van der Waals surface area contributed by atoms with Gasteiger partial charge in [-0.1, -0.05) is 45.1 Å². The van der Waals surface area contributed by atoms with E-state index in [1.54, 1.807) is 6.92 Å². The molecule has 176 valence electrons. The molecule has 0 aromatic carbocycles. The minimum absolute atomic E-state index is 0.230. The second kappa shape index (κ2) is 12.2. The van der Waals surface area contributed by atoms with Crippen molar-refractivity contribution in [3.63, 3.8) is 0 Å². The summed E-state index contributed by atoms with van der Waals surface area (Å²) in [6.45, 7) is 16.5. The number of hydrogen-bond donors (Lipinski definition) is 1. The average Bonchev–Trinajstić information content (AvgIpc) is 2.59. The van der Waals surface area contributed by atoms with Gasteiger partial charge in [-0.25, -0.2) is 4.79 Å². The van der Waals surface area contributed by atoms with E-state index >= 15 is 0 Å². The number of esters is 1. The van der Waals surface area contributed by atoms with Crippen molar-refractivity contribution in [2.45, 2.75) is 122 Å². The molecule has 0 radical (unpaired) electrons. The smallest absolute Gasteiger partial charge is 0.333 e. The van der Waals surface area contributed by atoms with Crippen LogP contribution in [0.4, 0.5) is 0 Å². The molecule has 1 aliphatic heterocycles. The van der Waals surface area contributed by atoms with Gasteiger partial charge in [0.05, 0.1) is 33.3 Å². The lowest BCUT2D eigenvalue weighted by Gasteiger charge is -2.51. The topological polar surface area (TPSA) is 38.3 Å². The summed E-state index contributed by atoms with van der Waals surface area (Å²) in [5.74, 6) is -0.260. The maximum absolute atomic E-state index is 11.3. The Hall–Kier alpha value is -0.870. The molecule has 4 nitrogen and oxygen atoms in total. The van der Waals surface area contributed by atoms with Gasteiger partial charge in [0, 0.05) is 29.5 Å². The molecule has 1 rings (SSSR count). The van der Waals surface area contributed by atoms with Crippen LogP contribution < -0.4 is 5.32 Å². The van der Waals surface area contributed by atoms with Crippen LogP contribution in [-0.2, 0) is 9.53 Å². The molecule has 1 N–H and O–H groups in total. The Morgan fingerprint density at radius 2 is 1.33 bits per heavy atom. The Balaban J connectivity index is 2.07. The van der Waals surface area contributed by atoms with Crippen molar-refractivity contribution in [3.8, 4) is 0 Å². The number of unbranched alkanes of at least 4 members (excludes halogenated alkanes) is 8. The number of nitrogens with zero attached hydrogens (tertiary/aromatic N) is 1. The fraction of sp³-hybridized carbons (Fsp3) is 0.885. The highest BCUT2D eigenvalue weighted by Gasteiger charge is 2.44. The van der Waals surface area contributed by atoms with Crippen molar-refractivity contribution in [1.29, 1.82) is 0 Å². The Morgan fingerprint density at radius 3 is 1.80 bits per heavy atom. The van der Waals surface area contributed by atoms with Crippen LogP contribution in [0.25, 0.3) is 0 Å². The largest absolute Gasteiger partial charge is 0.462 e. The van der Waals surface area contributed by atoms with Crippen molar-refractivity contribution in [1.82, 2.24) is 5.32 Å². The number of carbonyl (C=O) groups excluding carboxylic acids is 1. The minimum Gasteiger partial charge on any atom is -0.462 e. The van der Waals surface area contributed by atoms with E-state index in [-0.39, 0.29) is 17.0 Å². The third kappa shape index (κ3) is 10.9. The zero-order valence-electron chi connectivity index (χ0n) is 21.2. The van der Waals surface area contributed by atoms with E-state index in [0.29, 0.717) is 12.2 Å². The average molecular weight is 424 g/mol. The third-order valence-corrected chi connectivity index (χ3v) is 6.62. The molecule has 1 heterocycles. The number of ether oxygens (including phenoxy) is 1. The van der Waals surface area contributed by atoms with Gasteiger partial charge in [-0.3, -0.25) is 0 Å². The number of nitrogens with one attached hydrogen (secondary N) is 1.